The maximum Gasteiger partial charge on any atom is 0.277 e. The van der Waals surface area contributed by atoms with Gasteiger partial charge in [-0.1, -0.05) is 53.2 Å². The van der Waals surface area contributed by atoms with E-state index in [4.69, 9.17) is 27.9 Å². The zero-order chi connectivity index (χ0) is 24.8. The van der Waals surface area contributed by atoms with Crippen molar-refractivity contribution in [3.8, 4) is 5.75 Å². The van der Waals surface area contributed by atoms with Gasteiger partial charge in [0.2, 0.25) is 5.91 Å². The van der Waals surface area contributed by atoms with Crippen LogP contribution in [0.4, 0.5) is 0 Å². The summed E-state index contributed by atoms with van der Waals surface area (Å²) >= 11 is 14.8. The molecule has 1 fully saturated rings. The van der Waals surface area contributed by atoms with Gasteiger partial charge in [-0.25, -0.2) is 4.98 Å². The van der Waals surface area contributed by atoms with E-state index < -0.39 is 11.8 Å². The molecule has 4 rings (SSSR count). The number of rotatable bonds is 9. The molecule has 1 atom stereocenters. The normalized spacial score (nSPS) is 15.3. The minimum absolute atomic E-state index is 0.0394. The first-order valence-electron chi connectivity index (χ1n) is 10.8. The third-order valence-corrected chi connectivity index (χ3v) is 7.71. The Labute approximate surface area is 220 Å². The fourth-order valence-corrected chi connectivity index (χ4v) is 5.89. The van der Waals surface area contributed by atoms with Crippen LogP contribution >= 0.6 is 46.3 Å². The lowest BCUT2D eigenvalue weighted by molar-refractivity contribution is -0.129. The molecule has 2 aromatic carbocycles. The topological polar surface area (TPSA) is 88.6 Å². The maximum absolute atomic E-state index is 12.4. The van der Waals surface area contributed by atoms with Crippen LogP contribution in [0.1, 0.15) is 33.7 Å². The molecule has 0 unspecified atom stereocenters. The van der Waals surface area contributed by atoms with Crippen LogP contribution in [0, 0.1) is 0 Å². The minimum atomic E-state index is -0.546. The second kappa shape index (κ2) is 11.9. The van der Waals surface area contributed by atoms with Crippen LogP contribution < -0.4 is 10.1 Å². The summed E-state index contributed by atoms with van der Waals surface area (Å²) in [5, 5.41) is 4.94. The Kier molecular flexibility index (Phi) is 8.67. The van der Waals surface area contributed by atoms with Crippen molar-refractivity contribution in [1.82, 2.24) is 15.2 Å². The second-order valence-corrected chi connectivity index (χ2v) is 10.8. The lowest BCUT2D eigenvalue weighted by Crippen LogP contribution is -2.38. The van der Waals surface area contributed by atoms with Crippen LogP contribution in [0.3, 0.4) is 0 Å². The van der Waals surface area contributed by atoms with Gasteiger partial charge >= 0.3 is 0 Å². The Morgan fingerprint density at radius 3 is 2.63 bits per heavy atom. The monoisotopic (exact) mass is 549 g/mol. The van der Waals surface area contributed by atoms with Gasteiger partial charge in [-0.05, 0) is 36.8 Å². The zero-order valence-corrected chi connectivity index (χ0v) is 21.6. The summed E-state index contributed by atoms with van der Waals surface area (Å²) in [6.45, 7) is 0.880. The third kappa shape index (κ3) is 6.98. The fourth-order valence-electron chi connectivity index (χ4n) is 3.57. The Morgan fingerprint density at radius 1 is 1.14 bits per heavy atom. The highest BCUT2D eigenvalue weighted by Gasteiger charge is 2.31. The van der Waals surface area contributed by atoms with Crippen LogP contribution in [0.25, 0.3) is 0 Å². The van der Waals surface area contributed by atoms with E-state index in [-0.39, 0.29) is 17.6 Å². The molecular weight excluding hydrogens is 529 g/mol. The van der Waals surface area contributed by atoms with Crippen LogP contribution in [0.2, 0.25) is 10.0 Å². The molecule has 1 N–H and O–H groups in total. The summed E-state index contributed by atoms with van der Waals surface area (Å²) < 4.78 is 6.53. The molecule has 182 valence electrons. The standard InChI is InChI=1S/C24H21Cl2N3O4S2/c25-16-10-17(26)12-19(11-16)33-13-18-6-7-21(30)29(18)8-9-34-24-27-20(14-35-24)23(32)28-22(31)15-4-2-1-3-5-15/h1-5,10-12,14,18H,6-9,13H2,(H,28,31,32)/t18-/m1/s1. The summed E-state index contributed by atoms with van der Waals surface area (Å²) in [6.07, 6.45) is 1.20. The fraction of sp³-hybridized carbons (Fsp3) is 0.250. The molecule has 7 nitrogen and oxygen atoms in total. The molecule has 0 saturated carbocycles. The smallest absolute Gasteiger partial charge is 0.277 e. The molecule has 0 radical (unpaired) electrons. The number of imide groups is 1. The second-order valence-electron chi connectivity index (χ2n) is 7.69. The number of carbonyl (C=O) groups is 3. The number of carbonyl (C=O) groups excluding carboxylic acids is 3. The zero-order valence-electron chi connectivity index (χ0n) is 18.4. The first-order chi connectivity index (χ1) is 16.9. The van der Waals surface area contributed by atoms with Gasteiger partial charge in [0.15, 0.2) is 4.34 Å². The number of hydrogen-bond acceptors (Lipinski definition) is 7. The largest absolute Gasteiger partial charge is 0.491 e. The molecule has 1 saturated heterocycles. The number of nitrogens with one attached hydrogen (secondary N) is 1. The van der Waals surface area contributed by atoms with Gasteiger partial charge in [-0.15, -0.1) is 11.3 Å². The Balaban J connectivity index is 1.26. The molecule has 35 heavy (non-hydrogen) atoms. The van der Waals surface area contributed by atoms with Crippen molar-refractivity contribution in [3.05, 3.63) is 75.2 Å². The number of aromatic nitrogens is 1. The van der Waals surface area contributed by atoms with Gasteiger partial charge in [-0.2, -0.15) is 0 Å². The number of nitrogens with zero attached hydrogens (tertiary/aromatic N) is 2. The van der Waals surface area contributed by atoms with Gasteiger partial charge in [-0.3, -0.25) is 19.7 Å². The molecule has 0 bridgehead atoms. The summed E-state index contributed by atoms with van der Waals surface area (Å²) in [7, 11) is 0. The Hall–Kier alpha value is -2.59. The van der Waals surface area contributed by atoms with Gasteiger partial charge in [0.25, 0.3) is 11.8 Å². The minimum Gasteiger partial charge on any atom is -0.491 e. The number of hydrogen-bond donors (Lipinski definition) is 1. The van der Waals surface area contributed by atoms with Gasteiger partial charge in [0, 0.05) is 39.7 Å². The van der Waals surface area contributed by atoms with Crippen molar-refractivity contribution < 1.29 is 19.1 Å². The maximum atomic E-state index is 12.4. The summed E-state index contributed by atoms with van der Waals surface area (Å²) in [6, 6.07) is 13.5. The number of likely N-dealkylation sites (tertiary alicyclic amines) is 1. The first-order valence-corrected chi connectivity index (χ1v) is 13.4. The van der Waals surface area contributed by atoms with E-state index in [0.29, 0.717) is 51.0 Å². The number of benzene rings is 2. The highest BCUT2D eigenvalue weighted by Crippen LogP contribution is 2.27. The van der Waals surface area contributed by atoms with E-state index in [0.717, 1.165) is 6.42 Å². The highest BCUT2D eigenvalue weighted by atomic mass is 35.5. The Bertz CT molecular complexity index is 1200. The van der Waals surface area contributed by atoms with Crippen LogP contribution in [-0.4, -0.2) is 52.6 Å². The molecule has 2 heterocycles. The van der Waals surface area contributed by atoms with E-state index in [1.54, 1.807) is 53.9 Å². The van der Waals surface area contributed by atoms with Crippen LogP contribution in [-0.2, 0) is 4.79 Å². The molecule has 3 aromatic rings. The lowest BCUT2D eigenvalue weighted by Gasteiger charge is -2.24. The van der Waals surface area contributed by atoms with Crippen LogP contribution in [0.5, 0.6) is 5.75 Å². The quantitative estimate of drug-likeness (QED) is 0.292. The van der Waals surface area contributed by atoms with Crippen molar-refractivity contribution in [2.24, 2.45) is 0 Å². The van der Waals surface area contributed by atoms with Gasteiger partial charge < -0.3 is 9.64 Å². The number of ether oxygens (including phenoxy) is 1. The number of thioether (sulfide) groups is 1. The molecule has 1 aromatic heterocycles. The molecule has 11 heteroatoms. The van der Waals surface area contributed by atoms with Crippen molar-refractivity contribution in [3.63, 3.8) is 0 Å². The van der Waals surface area contributed by atoms with Crippen molar-refractivity contribution in [1.29, 1.82) is 0 Å². The molecule has 1 aliphatic rings. The first kappa shape index (κ1) is 25.5. The molecule has 3 amide bonds. The predicted molar refractivity (Wildman–Crippen MR) is 138 cm³/mol. The van der Waals surface area contributed by atoms with Crippen molar-refractivity contribution in [2.45, 2.75) is 23.2 Å². The van der Waals surface area contributed by atoms with Gasteiger partial charge in [0.05, 0.1) is 6.04 Å². The third-order valence-electron chi connectivity index (χ3n) is 5.27. The average Bonchev–Trinajstić information content (AvgIpc) is 3.45. The number of amides is 3. The average molecular weight is 550 g/mol. The van der Waals surface area contributed by atoms with E-state index in [1.165, 1.54) is 23.1 Å². The lowest BCUT2D eigenvalue weighted by atomic mass is 10.2. The van der Waals surface area contributed by atoms with Crippen molar-refractivity contribution in [2.75, 3.05) is 18.9 Å². The summed E-state index contributed by atoms with van der Waals surface area (Å²) in [5.74, 6) is 0.245. The predicted octanol–water partition coefficient (Wildman–Crippen LogP) is 5.18. The van der Waals surface area contributed by atoms with Crippen LogP contribution in [0.15, 0.2) is 58.3 Å². The number of halogens is 2. The van der Waals surface area contributed by atoms with E-state index in [1.807, 2.05) is 4.90 Å². The Morgan fingerprint density at radius 2 is 1.89 bits per heavy atom. The van der Waals surface area contributed by atoms with E-state index in [9.17, 15) is 14.4 Å². The summed E-state index contributed by atoms with van der Waals surface area (Å²) in [4.78, 5) is 43.0. The summed E-state index contributed by atoms with van der Waals surface area (Å²) in [5.41, 5.74) is 0.587. The molecule has 1 aliphatic heterocycles. The molecule has 0 spiro atoms. The van der Waals surface area contributed by atoms with Crippen molar-refractivity contribution >= 4 is 64.0 Å². The molecular formula is C24H21Cl2N3O4S2. The van der Waals surface area contributed by atoms with Gasteiger partial charge in [0.1, 0.15) is 18.1 Å². The highest BCUT2D eigenvalue weighted by molar-refractivity contribution is 8.01. The SMILES string of the molecule is O=C(NC(=O)c1csc(SCCN2C(=O)CC[C@@H]2COc2cc(Cl)cc(Cl)c2)n1)c1ccccc1. The number of thiazole rings is 1. The van der Waals surface area contributed by atoms with E-state index >= 15 is 0 Å². The molecule has 0 aliphatic carbocycles. The van der Waals surface area contributed by atoms with E-state index in [2.05, 4.69) is 10.3 Å².